The Morgan fingerprint density at radius 3 is 2.22 bits per heavy atom. The minimum absolute atomic E-state index is 0.0111. The largest absolute Gasteiger partial charge is 0.351 e. The molecule has 37 heavy (non-hydrogen) atoms. The molecule has 5 nitrogen and oxygen atoms in total. The van der Waals surface area contributed by atoms with Crippen LogP contribution < -0.4 is 5.32 Å². The molecular formula is C32H46N2O3. The Morgan fingerprint density at radius 1 is 0.946 bits per heavy atom. The minimum Gasteiger partial charge on any atom is -0.351 e. The van der Waals surface area contributed by atoms with E-state index < -0.39 is 5.41 Å². The van der Waals surface area contributed by atoms with Gasteiger partial charge >= 0.3 is 0 Å². The maximum atomic E-state index is 14.5. The molecule has 0 aliphatic heterocycles. The zero-order valence-electron chi connectivity index (χ0n) is 24.2. The molecule has 202 valence electrons. The first kappa shape index (κ1) is 26.6. The number of nitrogens with one attached hydrogen (secondary N) is 1. The van der Waals surface area contributed by atoms with Crippen LogP contribution in [0.5, 0.6) is 0 Å². The van der Waals surface area contributed by atoms with Crippen molar-refractivity contribution in [2.45, 2.75) is 112 Å². The van der Waals surface area contributed by atoms with Crippen LogP contribution in [0.2, 0.25) is 0 Å². The summed E-state index contributed by atoms with van der Waals surface area (Å²) in [6.07, 6.45) is 9.19. The molecule has 1 N–H and O–H groups in total. The second-order valence-corrected chi connectivity index (χ2v) is 15.5. The van der Waals surface area contributed by atoms with E-state index in [-0.39, 0.29) is 68.1 Å². The number of hydrogen-bond donors (Lipinski definition) is 1. The first-order valence-electron chi connectivity index (χ1n) is 14.5. The van der Waals surface area contributed by atoms with Crippen LogP contribution >= 0.6 is 0 Å². The van der Waals surface area contributed by atoms with E-state index in [1.54, 1.807) is 6.92 Å². The summed E-state index contributed by atoms with van der Waals surface area (Å²) in [5.74, 6) is 0.576. The summed E-state index contributed by atoms with van der Waals surface area (Å²) in [6, 6.07) is 2.21. The molecule has 0 radical (unpaired) electrons. The fourth-order valence-corrected chi connectivity index (χ4v) is 10.9. The highest BCUT2D eigenvalue weighted by Gasteiger charge is 2.72. The van der Waals surface area contributed by atoms with Gasteiger partial charge in [-0.25, -0.2) is 0 Å². The number of carbonyl (C=O) groups is 3. The average Bonchev–Trinajstić information content (AvgIpc) is 2.78. The van der Waals surface area contributed by atoms with Crippen molar-refractivity contribution in [3.8, 4) is 6.07 Å². The molecule has 0 unspecified atom stereocenters. The van der Waals surface area contributed by atoms with Crippen molar-refractivity contribution in [2.75, 3.05) is 0 Å². The molecule has 0 aromatic rings. The Morgan fingerprint density at radius 2 is 1.59 bits per heavy atom. The molecule has 1 amide bonds. The van der Waals surface area contributed by atoms with Crippen LogP contribution in [-0.2, 0) is 14.4 Å². The highest BCUT2D eigenvalue weighted by atomic mass is 16.1. The number of nitrogens with zero attached hydrogens (tertiary/aromatic N) is 1. The predicted octanol–water partition coefficient (Wildman–Crippen LogP) is 6.17. The molecule has 0 heterocycles. The molecule has 5 aliphatic carbocycles. The van der Waals surface area contributed by atoms with Crippen molar-refractivity contribution in [3.63, 3.8) is 0 Å². The monoisotopic (exact) mass is 506 g/mol. The van der Waals surface area contributed by atoms with Crippen LogP contribution in [-0.4, -0.2) is 23.0 Å². The molecule has 0 aromatic heterocycles. The lowest BCUT2D eigenvalue weighted by molar-refractivity contribution is -0.215. The minimum atomic E-state index is -0.614. The third-order valence-corrected chi connectivity index (χ3v) is 12.9. The third-order valence-electron chi connectivity index (χ3n) is 12.9. The summed E-state index contributed by atoms with van der Waals surface area (Å²) in [4.78, 5) is 40.1. The van der Waals surface area contributed by atoms with E-state index in [0.717, 1.165) is 44.9 Å². The second-order valence-electron chi connectivity index (χ2n) is 15.5. The van der Waals surface area contributed by atoms with Crippen molar-refractivity contribution in [1.29, 1.82) is 5.26 Å². The van der Waals surface area contributed by atoms with Gasteiger partial charge in [-0.05, 0) is 84.4 Å². The molecule has 0 spiro atoms. The maximum absolute atomic E-state index is 14.5. The van der Waals surface area contributed by atoms with Gasteiger partial charge in [0.15, 0.2) is 5.78 Å². The van der Waals surface area contributed by atoms with Gasteiger partial charge in [0.05, 0.1) is 5.57 Å². The lowest BCUT2D eigenvalue weighted by Crippen LogP contribution is -2.72. The standard InChI is InChI=1S/C32H46N2O3/c1-19(35)34-32-13-11-27(2,3)17-21(32)25-22(36)15-24-29(6)16-20(18-33)26(37)28(4,5)23(29)9-10-30(24,7)31(25,8)12-14-32/h16,21,23-25H,9-15,17H2,1-8H3,(H,34,35)/t21-,23-,24+,25-,29-,30+,31+,32-/m0/s1. The third kappa shape index (κ3) is 3.36. The van der Waals surface area contributed by atoms with Crippen LogP contribution in [0.25, 0.3) is 0 Å². The van der Waals surface area contributed by atoms with E-state index in [2.05, 4.69) is 46.0 Å². The summed E-state index contributed by atoms with van der Waals surface area (Å²) in [5, 5.41) is 13.3. The van der Waals surface area contributed by atoms with E-state index in [9.17, 15) is 19.6 Å². The zero-order chi connectivity index (χ0) is 27.4. The quantitative estimate of drug-likeness (QED) is 0.460. The molecule has 8 atom stereocenters. The second kappa shape index (κ2) is 7.80. The van der Waals surface area contributed by atoms with Crippen LogP contribution in [0.3, 0.4) is 0 Å². The van der Waals surface area contributed by atoms with Crippen LogP contribution in [0, 0.1) is 62.1 Å². The Balaban J connectivity index is 1.63. The number of carbonyl (C=O) groups excluding carboxylic acids is 3. The molecular weight excluding hydrogens is 460 g/mol. The maximum Gasteiger partial charge on any atom is 0.217 e. The Hall–Kier alpha value is -1.96. The zero-order valence-corrected chi connectivity index (χ0v) is 24.2. The summed E-state index contributed by atoms with van der Waals surface area (Å²) in [7, 11) is 0. The molecule has 4 fully saturated rings. The van der Waals surface area contributed by atoms with Gasteiger partial charge in [0, 0.05) is 30.2 Å². The van der Waals surface area contributed by atoms with Gasteiger partial charge in [0.25, 0.3) is 0 Å². The van der Waals surface area contributed by atoms with Crippen molar-refractivity contribution < 1.29 is 14.4 Å². The SMILES string of the molecule is CC(=O)N[C@]12CCC(C)(C)C[C@H]1[C@H]1C(=O)C[C@@H]3[C@@]4(C)C=C(C#N)C(=O)C(C)(C)[C@@H]4CC[C@@]3(C)[C@]1(C)CC2. The van der Waals surface area contributed by atoms with Gasteiger partial charge in [0.1, 0.15) is 11.9 Å². The highest BCUT2D eigenvalue weighted by Crippen LogP contribution is 2.74. The van der Waals surface area contributed by atoms with E-state index in [0.29, 0.717) is 12.2 Å². The van der Waals surface area contributed by atoms with Crippen LogP contribution in [0.15, 0.2) is 11.6 Å². The fourth-order valence-electron chi connectivity index (χ4n) is 10.9. The first-order valence-corrected chi connectivity index (χ1v) is 14.5. The molecule has 4 saturated carbocycles. The van der Waals surface area contributed by atoms with Crippen LogP contribution in [0.1, 0.15) is 107 Å². The molecule has 0 bridgehead atoms. The average molecular weight is 507 g/mol. The van der Waals surface area contributed by atoms with E-state index >= 15 is 0 Å². The van der Waals surface area contributed by atoms with Gasteiger partial charge in [-0.15, -0.1) is 0 Å². The number of rotatable bonds is 1. The lowest BCUT2D eigenvalue weighted by atomic mass is 9.32. The molecule has 0 aromatic carbocycles. The van der Waals surface area contributed by atoms with E-state index in [1.165, 1.54) is 0 Å². The first-order chi connectivity index (χ1) is 17.0. The summed E-state index contributed by atoms with van der Waals surface area (Å²) >= 11 is 0. The van der Waals surface area contributed by atoms with E-state index in [4.69, 9.17) is 0 Å². The Labute approximate surface area is 223 Å². The van der Waals surface area contributed by atoms with Gasteiger partial charge < -0.3 is 5.32 Å². The lowest BCUT2D eigenvalue weighted by Gasteiger charge is -2.72. The smallest absolute Gasteiger partial charge is 0.217 e. The number of amides is 1. The molecule has 5 rings (SSSR count). The summed E-state index contributed by atoms with van der Waals surface area (Å²) < 4.78 is 0. The highest BCUT2D eigenvalue weighted by molar-refractivity contribution is 6.04. The Bertz CT molecular complexity index is 1140. The fraction of sp³-hybridized carbons (Fsp3) is 0.812. The molecule has 5 aliphatic rings. The van der Waals surface area contributed by atoms with Crippen molar-refractivity contribution in [2.24, 2.45) is 50.7 Å². The number of allylic oxidation sites excluding steroid dienone is 2. The predicted molar refractivity (Wildman–Crippen MR) is 143 cm³/mol. The van der Waals surface area contributed by atoms with Gasteiger partial charge in [0.2, 0.25) is 5.91 Å². The number of nitriles is 1. The van der Waals surface area contributed by atoms with Crippen molar-refractivity contribution >= 4 is 17.5 Å². The number of Topliss-reactive ketones (excluding diaryl/α,β-unsaturated/α-hetero) is 2. The number of ketones is 2. The number of fused-ring (bicyclic) bond motifs is 7. The van der Waals surface area contributed by atoms with Crippen molar-refractivity contribution in [1.82, 2.24) is 5.32 Å². The summed E-state index contributed by atoms with van der Waals surface area (Å²) in [6.45, 7) is 17.3. The van der Waals surface area contributed by atoms with Crippen molar-refractivity contribution in [3.05, 3.63) is 11.6 Å². The number of hydrogen-bond acceptors (Lipinski definition) is 4. The normalized spacial score (nSPS) is 47.8. The Kier molecular flexibility index (Phi) is 5.61. The van der Waals surface area contributed by atoms with Gasteiger partial charge in [-0.2, -0.15) is 5.26 Å². The van der Waals surface area contributed by atoms with Gasteiger partial charge in [-0.3, -0.25) is 14.4 Å². The topological polar surface area (TPSA) is 87.0 Å². The van der Waals surface area contributed by atoms with E-state index in [1.807, 2.05) is 19.9 Å². The molecule has 0 saturated heterocycles. The van der Waals surface area contributed by atoms with Crippen LogP contribution in [0.4, 0.5) is 0 Å². The van der Waals surface area contributed by atoms with Gasteiger partial charge in [-0.1, -0.05) is 54.5 Å². The molecule has 5 heteroatoms. The summed E-state index contributed by atoms with van der Waals surface area (Å²) in [5.41, 5.74) is -1.14.